The summed E-state index contributed by atoms with van der Waals surface area (Å²) in [4.78, 5) is 11.1. The van der Waals surface area contributed by atoms with Gasteiger partial charge in [-0.15, -0.1) is 0 Å². The van der Waals surface area contributed by atoms with Crippen LogP contribution in [0.4, 0.5) is 0 Å². The standard InChI is InChI=1S/C15H19ClO4/c1-4-9-7-10(15(5-6-15)8-11(17)18)14(20-3)12(16)13(9)19-2/h7H,4-6,8H2,1-3H3,(H,17,18). The lowest BCUT2D eigenvalue weighted by Gasteiger charge is -2.21. The fraction of sp³-hybridized carbons (Fsp3) is 0.533. The Labute approximate surface area is 123 Å². The van der Waals surface area contributed by atoms with E-state index in [1.165, 1.54) is 0 Å². The quantitative estimate of drug-likeness (QED) is 0.874. The van der Waals surface area contributed by atoms with Crippen LogP contribution in [-0.4, -0.2) is 25.3 Å². The van der Waals surface area contributed by atoms with Gasteiger partial charge in [-0.05, 0) is 30.9 Å². The topological polar surface area (TPSA) is 55.8 Å². The largest absolute Gasteiger partial charge is 0.495 e. The van der Waals surface area contributed by atoms with Crippen molar-refractivity contribution < 1.29 is 19.4 Å². The number of methoxy groups -OCH3 is 2. The molecule has 1 fully saturated rings. The lowest BCUT2D eigenvalue weighted by Crippen LogP contribution is -2.15. The first-order valence-corrected chi connectivity index (χ1v) is 7.02. The Kier molecular flexibility index (Phi) is 4.14. The maximum Gasteiger partial charge on any atom is 0.304 e. The number of ether oxygens (including phenoxy) is 2. The normalized spacial score (nSPS) is 15.8. The van der Waals surface area contributed by atoms with E-state index < -0.39 is 5.97 Å². The molecule has 0 radical (unpaired) electrons. The molecule has 110 valence electrons. The van der Waals surface area contributed by atoms with Gasteiger partial charge in [0.05, 0.1) is 20.6 Å². The zero-order valence-electron chi connectivity index (χ0n) is 12.0. The molecule has 0 aromatic heterocycles. The van der Waals surface area contributed by atoms with Crippen molar-refractivity contribution in [1.82, 2.24) is 0 Å². The second-order valence-electron chi connectivity index (χ2n) is 5.17. The van der Waals surface area contributed by atoms with Crippen LogP contribution < -0.4 is 9.47 Å². The minimum Gasteiger partial charge on any atom is -0.495 e. The molecule has 0 amide bonds. The molecule has 1 aliphatic carbocycles. The molecule has 1 aliphatic rings. The summed E-state index contributed by atoms with van der Waals surface area (Å²) in [6.07, 6.45) is 2.57. The van der Waals surface area contributed by atoms with E-state index in [9.17, 15) is 4.79 Å². The lowest BCUT2D eigenvalue weighted by atomic mass is 9.89. The van der Waals surface area contributed by atoms with Gasteiger partial charge in [0, 0.05) is 11.0 Å². The zero-order chi connectivity index (χ0) is 14.9. The number of aliphatic carboxylic acids is 1. The first-order valence-electron chi connectivity index (χ1n) is 6.64. The van der Waals surface area contributed by atoms with Gasteiger partial charge in [-0.1, -0.05) is 18.5 Å². The highest BCUT2D eigenvalue weighted by Gasteiger charge is 2.48. The minimum atomic E-state index is -0.797. The van der Waals surface area contributed by atoms with Crippen molar-refractivity contribution in [2.45, 2.75) is 38.0 Å². The van der Waals surface area contributed by atoms with Crippen molar-refractivity contribution in [3.8, 4) is 11.5 Å². The van der Waals surface area contributed by atoms with Crippen LogP contribution >= 0.6 is 11.6 Å². The van der Waals surface area contributed by atoms with Gasteiger partial charge in [0.2, 0.25) is 0 Å². The molecular weight excluding hydrogens is 280 g/mol. The molecule has 1 aromatic carbocycles. The molecule has 0 heterocycles. The monoisotopic (exact) mass is 298 g/mol. The summed E-state index contributed by atoms with van der Waals surface area (Å²) in [5.74, 6) is 0.356. The van der Waals surface area contributed by atoms with Crippen LogP contribution in [-0.2, 0) is 16.6 Å². The molecule has 0 atom stereocenters. The number of hydrogen-bond donors (Lipinski definition) is 1. The van der Waals surface area contributed by atoms with E-state index in [1.807, 2.05) is 13.0 Å². The van der Waals surface area contributed by atoms with Crippen LogP contribution in [0.5, 0.6) is 11.5 Å². The summed E-state index contributed by atoms with van der Waals surface area (Å²) < 4.78 is 10.8. The van der Waals surface area contributed by atoms with Crippen LogP contribution in [0.25, 0.3) is 0 Å². The summed E-state index contributed by atoms with van der Waals surface area (Å²) in [7, 11) is 3.12. The fourth-order valence-corrected chi connectivity index (χ4v) is 3.10. The molecule has 1 N–H and O–H groups in total. The lowest BCUT2D eigenvalue weighted by molar-refractivity contribution is -0.137. The second-order valence-corrected chi connectivity index (χ2v) is 5.55. The molecule has 0 bridgehead atoms. The maximum atomic E-state index is 11.1. The molecule has 2 rings (SSSR count). The third-order valence-electron chi connectivity index (χ3n) is 3.96. The third-order valence-corrected chi connectivity index (χ3v) is 4.30. The summed E-state index contributed by atoms with van der Waals surface area (Å²) >= 11 is 6.37. The number of aryl methyl sites for hydroxylation is 1. The number of halogens is 1. The second kappa shape index (κ2) is 5.52. The Morgan fingerprint density at radius 3 is 2.35 bits per heavy atom. The van der Waals surface area contributed by atoms with E-state index in [0.29, 0.717) is 16.5 Å². The number of hydrogen-bond acceptors (Lipinski definition) is 3. The number of benzene rings is 1. The van der Waals surface area contributed by atoms with Gasteiger partial charge in [-0.25, -0.2) is 0 Å². The van der Waals surface area contributed by atoms with E-state index in [2.05, 4.69) is 0 Å². The van der Waals surface area contributed by atoms with Gasteiger partial charge in [0.1, 0.15) is 16.5 Å². The molecule has 0 spiro atoms. The van der Waals surface area contributed by atoms with Gasteiger partial charge >= 0.3 is 5.97 Å². The third kappa shape index (κ3) is 2.44. The minimum absolute atomic E-state index is 0.106. The van der Waals surface area contributed by atoms with E-state index in [0.717, 1.165) is 30.4 Å². The average Bonchev–Trinajstić information content (AvgIpc) is 3.17. The number of carboxylic acids is 1. The smallest absolute Gasteiger partial charge is 0.304 e. The Morgan fingerprint density at radius 2 is 1.95 bits per heavy atom. The summed E-state index contributed by atoms with van der Waals surface area (Å²) in [5.41, 5.74) is 1.53. The zero-order valence-corrected chi connectivity index (χ0v) is 12.7. The summed E-state index contributed by atoms with van der Waals surface area (Å²) in [6, 6.07) is 1.99. The summed E-state index contributed by atoms with van der Waals surface area (Å²) in [5, 5.41) is 9.54. The first kappa shape index (κ1) is 15.0. The molecule has 20 heavy (non-hydrogen) atoms. The van der Waals surface area contributed by atoms with Crippen molar-refractivity contribution in [2.24, 2.45) is 0 Å². The van der Waals surface area contributed by atoms with Crippen LogP contribution in [0, 0.1) is 0 Å². The Morgan fingerprint density at radius 1 is 1.35 bits per heavy atom. The van der Waals surface area contributed by atoms with E-state index in [1.54, 1.807) is 14.2 Å². The van der Waals surface area contributed by atoms with Crippen LogP contribution in [0.2, 0.25) is 5.02 Å². The molecule has 0 saturated heterocycles. The molecular formula is C15H19ClO4. The first-order chi connectivity index (χ1) is 9.49. The number of carboxylic acid groups (broad SMARTS) is 1. The SMILES string of the molecule is CCc1cc(C2(CC(=O)O)CC2)c(OC)c(Cl)c1OC. The van der Waals surface area contributed by atoms with Gasteiger partial charge < -0.3 is 14.6 Å². The predicted molar refractivity (Wildman–Crippen MR) is 77.1 cm³/mol. The van der Waals surface area contributed by atoms with E-state index in [4.69, 9.17) is 26.2 Å². The van der Waals surface area contributed by atoms with Crippen LogP contribution in [0.15, 0.2) is 6.07 Å². The Hall–Kier alpha value is -1.42. The van der Waals surface area contributed by atoms with Gasteiger partial charge in [0.25, 0.3) is 0 Å². The highest BCUT2D eigenvalue weighted by molar-refractivity contribution is 6.33. The van der Waals surface area contributed by atoms with Crippen molar-refractivity contribution in [3.05, 3.63) is 22.2 Å². The number of carbonyl (C=O) groups is 1. The van der Waals surface area contributed by atoms with Crippen molar-refractivity contribution >= 4 is 17.6 Å². The van der Waals surface area contributed by atoms with Gasteiger partial charge in [0.15, 0.2) is 0 Å². The predicted octanol–water partition coefficient (Wildman–Crippen LogP) is 3.43. The molecule has 0 unspecified atom stereocenters. The average molecular weight is 299 g/mol. The van der Waals surface area contributed by atoms with Crippen molar-refractivity contribution in [2.75, 3.05) is 14.2 Å². The van der Waals surface area contributed by atoms with E-state index >= 15 is 0 Å². The molecule has 4 nitrogen and oxygen atoms in total. The van der Waals surface area contributed by atoms with Crippen LogP contribution in [0.3, 0.4) is 0 Å². The fourth-order valence-electron chi connectivity index (χ4n) is 2.73. The molecule has 1 aromatic rings. The number of rotatable bonds is 6. The van der Waals surface area contributed by atoms with E-state index in [-0.39, 0.29) is 11.8 Å². The highest BCUT2D eigenvalue weighted by Crippen LogP contribution is 2.56. The molecule has 0 aliphatic heterocycles. The van der Waals surface area contributed by atoms with Gasteiger partial charge in [-0.2, -0.15) is 0 Å². The van der Waals surface area contributed by atoms with Gasteiger partial charge in [-0.3, -0.25) is 4.79 Å². The highest BCUT2D eigenvalue weighted by atomic mass is 35.5. The maximum absolute atomic E-state index is 11.1. The Bertz CT molecular complexity index is 535. The van der Waals surface area contributed by atoms with Crippen molar-refractivity contribution in [3.63, 3.8) is 0 Å². The molecule has 1 saturated carbocycles. The Balaban J connectivity index is 2.58. The van der Waals surface area contributed by atoms with Crippen molar-refractivity contribution in [1.29, 1.82) is 0 Å². The van der Waals surface area contributed by atoms with Crippen LogP contribution in [0.1, 0.15) is 37.3 Å². The summed E-state index contributed by atoms with van der Waals surface area (Å²) in [6.45, 7) is 2.02. The molecule has 5 heteroatoms.